The predicted octanol–water partition coefficient (Wildman–Crippen LogP) is 4.81. The number of urea groups is 1. The molecule has 6 amide bonds. The normalized spacial score (nSPS) is 14.2. The lowest BCUT2D eigenvalue weighted by molar-refractivity contribution is -0.130. The van der Waals surface area contributed by atoms with Gasteiger partial charge in [-0.25, -0.2) is 19.0 Å². The standard InChI is InChI=1S/C42H39FN6O6/c43-34-19-16-29(17-20-34)23-37(47-42(54)55-27-30-11-5-2-6-12-30)40(52)46-36(24-31-15-18-32-13-7-8-14-33(32)21-31)39(51)45-35(22-28-9-3-1-4-10-28)25-44-49-26-38(50)48-41(49)53/h1-21,25,35-37H,22-24,26-27H2,(H,45,51)(H,46,52)(H,47,54)(H,48,50,53)/b44-25+. The van der Waals surface area contributed by atoms with Gasteiger partial charge >= 0.3 is 12.1 Å². The Balaban J connectivity index is 1.26. The van der Waals surface area contributed by atoms with Gasteiger partial charge in [-0.3, -0.25) is 19.7 Å². The number of hydrazone groups is 1. The summed E-state index contributed by atoms with van der Waals surface area (Å²) >= 11 is 0. The Morgan fingerprint density at radius 1 is 0.691 bits per heavy atom. The average Bonchev–Trinajstić information content (AvgIpc) is 3.52. The summed E-state index contributed by atoms with van der Waals surface area (Å²) in [6, 6.07) is 33.5. The van der Waals surface area contributed by atoms with E-state index in [-0.39, 0.29) is 32.4 Å². The van der Waals surface area contributed by atoms with E-state index >= 15 is 0 Å². The molecule has 0 spiro atoms. The van der Waals surface area contributed by atoms with Crippen LogP contribution in [0.1, 0.15) is 22.3 Å². The molecule has 1 aliphatic heterocycles. The number of imide groups is 1. The number of amides is 6. The number of nitrogens with zero attached hydrogens (tertiary/aromatic N) is 2. The van der Waals surface area contributed by atoms with Crippen molar-refractivity contribution in [2.45, 2.75) is 44.0 Å². The summed E-state index contributed by atoms with van der Waals surface area (Å²) < 4.78 is 19.2. The largest absolute Gasteiger partial charge is 0.445 e. The Morgan fingerprint density at radius 2 is 1.27 bits per heavy atom. The van der Waals surface area contributed by atoms with E-state index in [2.05, 4.69) is 26.4 Å². The number of nitrogens with one attached hydrogen (secondary N) is 4. The lowest BCUT2D eigenvalue weighted by Crippen LogP contribution is -2.56. The minimum atomic E-state index is -1.21. The van der Waals surface area contributed by atoms with E-state index in [4.69, 9.17) is 4.74 Å². The van der Waals surface area contributed by atoms with Gasteiger partial charge in [0.15, 0.2) is 0 Å². The van der Waals surface area contributed by atoms with Crippen LogP contribution in [0.25, 0.3) is 10.8 Å². The highest BCUT2D eigenvalue weighted by Crippen LogP contribution is 2.18. The highest BCUT2D eigenvalue weighted by atomic mass is 19.1. The maximum Gasteiger partial charge on any atom is 0.408 e. The van der Waals surface area contributed by atoms with Gasteiger partial charge in [0.25, 0.3) is 0 Å². The first-order chi connectivity index (χ1) is 26.7. The van der Waals surface area contributed by atoms with Gasteiger partial charge in [0.05, 0.1) is 6.04 Å². The fourth-order valence-corrected chi connectivity index (χ4v) is 6.03. The first kappa shape index (κ1) is 37.9. The topological polar surface area (TPSA) is 158 Å². The molecule has 6 rings (SSSR count). The lowest BCUT2D eigenvalue weighted by Gasteiger charge is -2.25. The van der Waals surface area contributed by atoms with Crippen molar-refractivity contribution in [1.29, 1.82) is 0 Å². The van der Waals surface area contributed by atoms with Gasteiger partial charge in [-0.15, -0.1) is 0 Å². The third kappa shape index (κ3) is 11.1. The Hall–Kier alpha value is -6.89. The molecule has 0 bridgehead atoms. The third-order valence-corrected chi connectivity index (χ3v) is 8.85. The molecular formula is C42H39FN6O6. The van der Waals surface area contributed by atoms with Crippen LogP contribution in [0, 0.1) is 5.82 Å². The van der Waals surface area contributed by atoms with Crippen LogP contribution in [0.15, 0.2) is 132 Å². The van der Waals surface area contributed by atoms with E-state index in [1.165, 1.54) is 30.5 Å². The van der Waals surface area contributed by atoms with E-state index in [0.29, 0.717) is 5.56 Å². The van der Waals surface area contributed by atoms with Gasteiger partial charge in [0.2, 0.25) is 17.7 Å². The van der Waals surface area contributed by atoms with Crippen LogP contribution in [0.4, 0.5) is 14.0 Å². The zero-order valence-electron chi connectivity index (χ0n) is 29.7. The van der Waals surface area contributed by atoms with Crippen molar-refractivity contribution in [3.8, 4) is 0 Å². The van der Waals surface area contributed by atoms with Crippen molar-refractivity contribution in [3.05, 3.63) is 155 Å². The monoisotopic (exact) mass is 742 g/mol. The Labute approximate surface area is 316 Å². The average molecular weight is 743 g/mol. The molecule has 1 fully saturated rings. The number of hydrogen-bond donors (Lipinski definition) is 4. The van der Waals surface area contributed by atoms with Gasteiger partial charge in [0, 0.05) is 19.1 Å². The van der Waals surface area contributed by atoms with Crippen molar-refractivity contribution >= 4 is 46.8 Å². The first-order valence-corrected chi connectivity index (χ1v) is 17.7. The third-order valence-electron chi connectivity index (χ3n) is 8.85. The number of alkyl carbamates (subject to hydrolysis) is 1. The van der Waals surface area contributed by atoms with Crippen LogP contribution >= 0.6 is 0 Å². The lowest BCUT2D eigenvalue weighted by atomic mass is 9.99. The van der Waals surface area contributed by atoms with Gasteiger partial charge in [-0.05, 0) is 51.6 Å². The quantitative estimate of drug-likeness (QED) is 0.0891. The SMILES string of the molecule is O=C1CN(/N=C/C(Cc2ccccc2)NC(=O)C(Cc2ccc3ccccc3c2)NC(=O)C(Cc2ccc(F)cc2)NC(=O)OCc2ccccc2)C(=O)N1. The summed E-state index contributed by atoms with van der Waals surface area (Å²) in [7, 11) is 0. The van der Waals surface area contributed by atoms with Crippen molar-refractivity contribution in [2.75, 3.05) is 6.54 Å². The van der Waals surface area contributed by atoms with Gasteiger partial charge < -0.3 is 20.7 Å². The number of ether oxygens (including phenoxy) is 1. The van der Waals surface area contributed by atoms with E-state index in [0.717, 1.165) is 32.5 Å². The maximum absolute atomic E-state index is 14.3. The Bertz CT molecular complexity index is 2170. The van der Waals surface area contributed by atoms with E-state index in [9.17, 15) is 28.4 Å². The number of hydrogen-bond acceptors (Lipinski definition) is 7. The molecule has 55 heavy (non-hydrogen) atoms. The first-order valence-electron chi connectivity index (χ1n) is 17.7. The highest BCUT2D eigenvalue weighted by Gasteiger charge is 2.30. The van der Waals surface area contributed by atoms with Crippen LogP contribution in [0.3, 0.4) is 0 Å². The summed E-state index contributed by atoms with van der Waals surface area (Å²) in [5.74, 6) is -2.21. The smallest absolute Gasteiger partial charge is 0.408 e. The second kappa shape index (κ2) is 18.2. The van der Waals surface area contributed by atoms with E-state index in [1.807, 2.05) is 91.0 Å². The fraction of sp³-hybridized carbons (Fsp3) is 0.190. The molecule has 0 radical (unpaired) electrons. The number of benzene rings is 5. The molecule has 1 heterocycles. The van der Waals surface area contributed by atoms with Crippen molar-refractivity contribution in [2.24, 2.45) is 5.10 Å². The summed E-state index contributed by atoms with van der Waals surface area (Å²) in [5, 5.41) is 17.7. The highest BCUT2D eigenvalue weighted by molar-refractivity contribution is 6.02. The summed E-state index contributed by atoms with van der Waals surface area (Å²) in [5.41, 5.74) is 2.91. The van der Waals surface area contributed by atoms with Crippen molar-refractivity contribution in [1.82, 2.24) is 26.3 Å². The molecule has 0 saturated carbocycles. The molecule has 280 valence electrons. The van der Waals surface area contributed by atoms with Crippen molar-refractivity contribution in [3.63, 3.8) is 0 Å². The molecule has 3 atom stereocenters. The second-order valence-corrected chi connectivity index (χ2v) is 13.0. The number of carbonyl (C=O) groups is 5. The number of carbonyl (C=O) groups excluding carboxylic acids is 5. The minimum Gasteiger partial charge on any atom is -0.445 e. The molecule has 0 aliphatic carbocycles. The van der Waals surface area contributed by atoms with E-state index in [1.54, 1.807) is 12.1 Å². The molecule has 5 aromatic carbocycles. The van der Waals surface area contributed by atoms with E-state index < -0.39 is 53.8 Å². The number of fused-ring (bicyclic) bond motifs is 1. The zero-order chi connectivity index (χ0) is 38.6. The maximum atomic E-state index is 14.3. The van der Waals surface area contributed by atoms with Gasteiger partial charge in [0.1, 0.15) is 31.1 Å². The van der Waals surface area contributed by atoms with Crippen LogP contribution in [-0.2, 0) is 45.0 Å². The molecule has 13 heteroatoms. The molecule has 4 N–H and O–H groups in total. The van der Waals surface area contributed by atoms with Crippen LogP contribution in [0.2, 0.25) is 0 Å². The molecule has 5 aromatic rings. The van der Waals surface area contributed by atoms with Crippen LogP contribution < -0.4 is 21.3 Å². The molecule has 0 aromatic heterocycles. The zero-order valence-corrected chi connectivity index (χ0v) is 29.7. The van der Waals surface area contributed by atoms with Gasteiger partial charge in [-0.2, -0.15) is 5.10 Å². The number of rotatable bonds is 15. The predicted molar refractivity (Wildman–Crippen MR) is 204 cm³/mol. The molecular weight excluding hydrogens is 703 g/mol. The summed E-state index contributed by atoms with van der Waals surface area (Å²) in [6.07, 6.45) is 0.835. The van der Waals surface area contributed by atoms with Crippen LogP contribution in [-0.4, -0.2) is 65.7 Å². The van der Waals surface area contributed by atoms with Gasteiger partial charge in [-0.1, -0.05) is 115 Å². The molecule has 1 aliphatic rings. The fourth-order valence-electron chi connectivity index (χ4n) is 6.03. The summed E-state index contributed by atoms with van der Waals surface area (Å²) in [6.45, 7) is -0.305. The summed E-state index contributed by atoms with van der Waals surface area (Å²) in [4.78, 5) is 65.4. The Morgan fingerprint density at radius 3 is 1.96 bits per heavy atom. The van der Waals surface area contributed by atoms with Crippen LogP contribution in [0.5, 0.6) is 0 Å². The second-order valence-electron chi connectivity index (χ2n) is 13.0. The minimum absolute atomic E-state index is 0.0310. The van der Waals surface area contributed by atoms with Crippen molar-refractivity contribution < 1.29 is 33.1 Å². The molecule has 1 saturated heterocycles. The number of halogens is 1. The Kier molecular flexibility index (Phi) is 12.6. The molecule has 3 unspecified atom stereocenters. The molecule has 12 nitrogen and oxygen atoms in total.